The predicted molar refractivity (Wildman–Crippen MR) is 105 cm³/mol. The molecule has 6 heteroatoms. The summed E-state index contributed by atoms with van der Waals surface area (Å²) in [7, 11) is 1.82. The van der Waals surface area contributed by atoms with Crippen LogP contribution in [0.3, 0.4) is 0 Å². The molecule has 2 aliphatic heterocycles. The van der Waals surface area contributed by atoms with Crippen LogP contribution in [0.25, 0.3) is 0 Å². The number of anilines is 2. The third-order valence-corrected chi connectivity index (χ3v) is 6.21. The highest BCUT2D eigenvalue weighted by atomic mass is 16.5. The highest BCUT2D eigenvalue weighted by Gasteiger charge is 2.38. The highest BCUT2D eigenvalue weighted by Crippen LogP contribution is 2.34. The van der Waals surface area contributed by atoms with Crippen molar-refractivity contribution in [3.8, 4) is 0 Å². The summed E-state index contributed by atoms with van der Waals surface area (Å²) in [6.45, 7) is 4.11. The van der Waals surface area contributed by atoms with Gasteiger partial charge in [-0.3, -0.25) is 9.59 Å². The number of benzene rings is 1. The Bertz CT molecular complexity index is 720. The van der Waals surface area contributed by atoms with Crippen LogP contribution in [0.15, 0.2) is 24.3 Å². The Balaban J connectivity index is 1.56. The number of ether oxygens (including phenoxy) is 1. The lowest BCUT2D eigenvalue weighted by atomic mass is 9.90. The average molecular weight is 371 g/mol. The van der Waals surface area contributed by atoms with Crippen molar-refractivity contribution in [2.75, 3.05) is 43.1 Å². The zero-order valence-electron chi connectivity index (χ0n) is 16.3. The number of nitrogens with zero attached hydrogens (tertiary/aromatic N) is 3. The summed E-state index contributed by atoms with van der Waals surface area (Å²) in [5.74, 6) is 0.0904. The Labute approximate surface area is 161 Å². The van der Waals surface area contributed by atoms with Gasteiger partial charge in [-0.15, -0.1) is 0 Å². The van der Waals surface area contributed by atoms with Gasteiger partial charge in [0.15, 0.2) is 0 Å². The molecular weight excluding hydrogens is 342 g/mol. The lowest BCUT2D eigenvalue weighted by Gasteiger charge is -2.44. The van der Waals surface area contributed by atoms with E-state index in [2.05, 4.69) is 4.90 Å². The van der Waals surface area contributed by atoms with Gasteiger partial charge in [0, 0.05) is 20.1 Å². The first-order valence-corrected chi connectivity index (χ1v) is 10.1. The van der Waals surface area contributed by atoms with Crippen LogP contribution in [0.5, 0.6) is 0 Å². The van der Waals surface area contributed by atoms with Crippen molar-refractivity contribution in [1.82, 2.24) is 4.90 Å². The predicted octanol–water partition coefficient (Wildman–Crippen LogP) is 2.28. The third kappa shape index (κ3) is 3.43. The number of para-hydroxylation sites is 2. The zero-order valence-corrected chi connectivity index (χ0v) is 16.3. The molecule has 2 amide bonds. The van der Waals surface area contributed by atoms with Gasteiger partial charge in [0.25, 0.3) is 0 Å². The van der Waals surface area contributed by atoms with Crippen LogP contribution in [0.4, 0.5) is 11.4 Å². The number of fused-ring (bicyclic) bond motifs is 2. The summed E-state index contributed by atoms with van der Waals surface area (Å²) in [6, 6.07) is 8.08. The monoisotopic (exact) mass is 371 g/mol. The van der Waals surface area contributed by atoms with Crippen molar-refractivity contribution in [2.24, 2.45) is 5.92 Å². The maximum Gasteiger partial charge on any atom is 0.242 e. The molecule has 4 rings (SSSR count). The number of hydrogen-bond acceptors (Lipinski definition) is 4. The van der Waals surface area contributed by atoms with Crippen molar-refractivity contribution in [3.63, 3.8) is 0 Å². The minimum atomic E-state index is -0.151. The molecule has 0 radical (unpaired) electrons. The lowest BCUT2D eigenvalue weighted by Crippen LogP contribution is -2.57. The normalized spacial score (nSPS) is 28.4. The van der Waals surface area contributed by atoms with E-state index in [1.807, 2.05) is 43.1 Å². The van der Waals surface area contributed by atoms with Gasteiger partial charge in [-0.05, 0) is 25.0 Å². The second-order valence-corrected chi connectivity index (χ2v) is 8.02. The van der Waals surface area contributed by atoms with Crippen LogP contribution < -0.4 is 9.80 Å². The fourth-order valence-corrected chi connectivity index (χ4v) is 4.78. The molecule has 0 spiro atoms. The zero-order chi connectivity index (χ0) is 19.0. The van der Waals surface area contributed by atoms with Crippen LogP contribution in [-0.4, -0.2) is 62.1 Å². The number of morpholine rings is 1. The number of hydrogen-bond donors (Lipinski definition) is 0. The van der Waals surface area contributed by atoms with Crippen molar-refractivity contribution in [2.45, 2.75) is 44.8 Å². The molecule has 0 aromatic heterocycles. The first kappa shape index (κ1) is 18.3. The van der Waals surface area contributed by atoms with Crippen molar-refractivity contribution in [1.29, 1.82) is 0 Å². The summed E-state index contributed by atoms with van der Waals surface area (Å²) < 4.78 is 5.91. The second-order valence-electron chi connectivity index (χ2n) is 8.02. The molecule has 0 bridgehead atoms. The van der Waals surface area contributed by atoms with Crippen LogP contribution in [0, 0.1) is 5.92 Å². The van der Waals surface area contributed by atoms with Gasteiger partial charge in [0.1, 0.15) is 0 Å². The van der Waals surface area contributed by atoms with Crippen LogP contribution in [0.2, 0.25) is 0 Å². The molecule has 27 heavy (non-hydrogen) atoms. The van der Waals surface area contributed by atoms with E-state index in [1.54, 1.807) is 4.90 Å². The fraction of sp³-hybridized carbons (Fsp3) is 0.619. The molecule has 0 N–H and O–H groups in total. The van der Waals surface area contributed by atoms with Gasteiger partial charge in [0.05, 0.1) is 42.6 Å². The number of rotatable bonds is 2. The van der Waals surface area contributed by atoms with Crippen molar-refractivity contribution in [3.05, 3.63) is 24.3 Å². The maximum atomic E-state index is 13.2. The minimum absolute atomic E-state index is 0.0936. The largest absolute Gasteiger partial charge is 0.374 e. The highest BCUT2D eigenvalue weighted by molar-refractivity contribution is 6.00. The van der Waals surface area contributed by atoms with Gasteiger partial charge in [-0.2, -0.15) is 0 Å². The lowest BCUT2D eigenvalue weighted by molar-refractivity contribution is -0.148. The number of amides is 2. The van der Waals surface area contributed by atoms with E-state index in [0.29, 0.717) is 26.2 Å². The molecule has 3 aliphatic rings. The number of carbonyl (C=O) groups excluding carboxylic acids is 2. The Morgan fingerprint density at radius 2 is 1.93 bits per heavy atom. The van der Waals surface area contributed by atoms with E-state index in [9.17, 15) is 9.59 Å². The van der Waals surface area contributed by atoms with Gasteiger partial charge in [0.2, 0.25) is 11.8 Å². The molecule has 2 fully saturated rings. The fourth-order valence-electron chi connectivity index (χ4n) is 4.78. The molecule has 1 aromatic rings. The van der Waals surface area contributed by atoms with E-state index < -0.39 is 0 Å². The van der Waals surface area contributed by atoms with Crippen LogP contribution in [0.1, 0.15) is 32.6 Å². The van der Waals surface area contributed by atoms with Gasteiger partial charge >= 0.3 is 0 Å². The molecule has 2 heterocycles. The summed E-state index contributed by atoms with van der Waals surface area (Å²) in [5.41, 5.74) is 1.83. The SMILES string of the molecule is C[C@@H]1CN(CC(=O)N2CCO[C@H]3CCCC[C@@H]32)c2ccccc2N(C)C1=O. The summed E-state index contributed by atoms with van der Waals surface area (Å²) in [6.07, 6.45) is 4.63. The number of carbonyl (C=O) groups is 2. The minimum Gasteiger partial charge on any atom is -0.374 e. The topological polar surface area (TPSA) is 53.1 Å². The molecular formula is C21H29N3O3. The van der Waals surface area contributed by atoms with E-state index in [-0.39, 0.29) is 29.9 Å². The van der Waals surface area contributed by atoms with Crippen LogP contribution in [-0.2, 0) is 14.3 Å². The molecule has 1 saturated carbocycles. The van der Waals surface area contributed by atoms with Crippen molar-refractivity contribution >= 4 is 23.2 Å². The van der Waals surface area contributed by atoms with E-state index >= 15 is 0 Å². The molecule has 146 valence electrons. The molecule has 1 aromatic carbocycles. The van der Waals surface area contributed by atoms with E-state index in [4.69, 9.17) is 4.74 Å². The smallest absolute Gasteiger partial charge is 0.242 e. The summed E-state index contributed by atoms with van der Waals surface area (Å²) in [4.78, 5) is 31.7. The Morgan fingerprint density at radius 1 is 1.19 bits per heavy atom. The van der Waals surface area contributed by atoms with Crippen molar-refractivity contribution < 1.29 is 14.3 Å². The first-order valence-electron chi connectivity index (χ1n) is 10.1. The molecule has 6 nitrogen and oxygen atoms in total. The molecule has 1 aliphatic carbocycles. The quantitative estimate of drug-likeness (QED) is 0.800. The molecule has 0 unspecified atom stereocenters. The summed E-state index contributed by atoms with van der Waals surface area (Å²) in [5, 5.41) is 0. The van der Waals surface area contributed by atoms with E-state index in [1.165, 1.54) is 6.42 Å². The Morgan fingerprint density at radius 3 is 2.74 bits per heavy atom. The second kappa shape index (κ2) is 7.50. The Hall–Kier alpha value is -2.08. The summed E-state index contributed by atoms with van der Waals surface area (Å²) >= 11 is 0. The first-order chi connectivity index (χ1) is 13.1. The maximum absolute atomic E-state index is 13.2. The average Bonchev–Trinajstić information content (AvgIpc) is 2.79. The van der Waals surface area contributed by atoms with Gasteiger partial charge < -0.3 is 19.4 Å². The standard InChI is InChI=1S/C21H29N3O3/c1-15-13-23(17-8-4-3-7-16(17)22(2)21(15)26)14-20(25)24-11-12-27-19-10-6-5-9-18(19)24/h3-4,7-8,15,18-19H,5-6,9-14H2,1-2H3/t15-,18+,19+/m1/s1. The van der Waals surface area contributed by atoms with Crippen LogP contribution >= 0.6 is 0 Å². The van der Waals surface area contributed by atoms with E-state index in [0.717, 1.165) is 30.6 Å². The Kier molecular flexibility index (Phi) is 5.08. The third-order valence-electron chi connectivity index (χ3n) is 6.21. The van der Waals surface area contributed by atoms with Gasteiger partial charge in [-0.1, -0.05) is 31.9 Å². The van der Waals surface area contributed by atoms with Gasteiger partial charge in [-0.25, -0.2) is 0 Å². The molecule has 1 saturated heterocycles. The molecule has 3 atom stereocenters.